The molecule has 4 heteroatoms. The third kappa shape index (κ3) is 4.91. The lowest BCUT2D eigenvalue weighted by atomic mass is 10.1. The molecule has 1 aromatic rings. The molecule has 0 heterocycles. The van der Waals surface area contributed by atoms with Gasteiger partial charge in [0.1, 0.15) is 0 Å². The molecular weight excluding hydrogens is 236 g/mol. The lowest BCUT2D eigenvalue weighted by molar-refractivity contribution is 0.265. The van der Waals surface area contributed by atoms with Crippen LogP contribution in [-0.2, 0) is 13.1 Å². The van der Waals surface area contributed by atoms with Gasteiger partial charge in [0.25, 0.3) is 0 Å². The summed E-state index contributed by atoms with van der Waals surface area (Å²) in [6, 6.07) is 9.08. The van der Waals surface area contributed by atoms with Crippen molar-refractivity contribution in [2.24, 2.45) is 4.99 Å². The summed E-state index contributed by atoms with van der Waals surface area (Å²) >= 11 is 0. The number of hydrogen-bond donors (Lipinski definition) is 2. The Morgan fingerprint density at radius 2 is 1.89 bits per heavy atom. The first-order valence-corrected chi connectivity index (χ1v) is 6.74. The van der Waals surface area contributed by atoms with E-state index in [0.717, 1.165) is 19.0 Å². The Bertz CT molecular complexity index is 412. The van der Waals surface area contributed by atoms with Gasteiger partial charge in [-0.1, -0.05) is 24.3 Å². The molecule has 0 bridgehead atoms. The van der Waals surface area contributed by atoms with Gasteiger partial charge in [-0.3, -0.25) is 9.89 Å². The first-order valence-electron chi connectivity index (χ1n) is 6.74. The Labute approximate surface area is 116 Å². The molecule has 1 rings (SSSR count). The molecule has 4 nitrogen and oxygen atoms in total. The van der Waals surface area contributed by atoms with E-state index in [4.69, 9.17) is 0 Å². The van der Waals surface area contributed by atoms with Crippen molar-refractivity contribution in [2.45, 2.75) is 33.0 Å². The molecule has 2 N–H and O–H groups in total. The van der Waals surface area contributed by atoms with Crippen LogP contribution in [0.2, 0.25) is 0 Å². The van der Waals surface area contributed by atoms with Crippen LogP contribution in [0, 0.1) is 0 Å². The summed E-state index contributed by atoms with van der Waals surface area (Å²) in [5, 5.41) is 6.33. The lowest BCUT2D eigenvalue weighted by Crippen LogP contribution is -2.34. The summed E-state index contributed by atoms with van der Waals surface area (Å²) in [5.41, 5.74) is 2.67. The van der Waals surface area contributed by atoms with Crippen molar-refractivity contribution in [3.8, 4) is 0 Å². The fraction of sp³-hybridized carbons (Fsp3) is 0.533. The SMILES string of the molecule is CN=C(NC)NCc1ccccc1CN(C)C(C)C. The summed E-state index contributed by atoms with van der Waals surface area (Å²) in [7, 11) is 5.80. The highest BCUT2D eigenvalue weighted by molar-refractivity contribution is 5.79. The van der Waals surface area contributed by atoms with Crippen LogP contribution in [-0.4, -0.2) is 38.0 Å². The standard InChI is InChI=1S/C15H26N4/c1-12(2)19(5)11-14-9-7-6-8-13(14)10-18-15(16-3)17-4/h6-9,12H,10-11H2,1-5H3,(H2,16,17,18). The number of benzene rings is 1. The largest absolute Gasteiger partial charge is 0.359 e. The lowest BCUT2D eigenvalue weighted by Gasteiger charge is -2.22. The molecule has 0 aliphatic carbocycles. The van der Waals surface area contributed by atoms with Gasteiger partial charge in [-0.05, 0) is 32.0 Å². The third-order valence-electron chi connectivity index (χ3n) is 3.33. The molecule has 0 fully saturated rings. The van der Waals surface area contributed by atoms with Gasteiger partial charge in [0.15, 0.2) is 5.96 Å². The fourth-order valence-electron chi connectivity index (χ4n) is 1.79. The summed E-state index contributed by atoms with van der Waals surface area (Å²) in [6.07, 6.45) is 0. The van der Waals surface area contributed by atoms with Gasteiger partial charge in [-0.2, -0.15) is 0 Å². The number of nitrogens with zero attached hydrogens (tertiary/aromatic N) is 2. The van der Waals surface area contributed by atoms with E-state index in [2.05, 4.69) is 65.7 Å². The molecule has 0 atom stereocenters. The highest BCUT2D eigenvalue weighted by Gasteiger charge is 2.08. The molecule has 0 radical (unpaired) electrons. The summed E-state index contributed by atoms with van der Waals surface area (Å²) < 4.78 is 0. The molecule has 0 spiro atoms. The number of nitrogens with one attached hydrogen (secondary N) is 2. The molecule has 0 aliphatic rings. The number of rotatable bonds is 5. The van der Waals surface area contributed by atoms with Crippen LogP contribution >= 0.6 is 0 Å². The van der Waals surface area contributed by atoms with Gasteiger partial charge < -0.3 is 10.6 Å². The van der Waals surface area contributed by atoms with Crippen LogP contribution in [0.15, 0.2) is 29.3 Å². The Kier molecular flexibility index (Phi) is 6.36. The predicted octanol–water partition coefficient (Wildman–Crippen LogP) is 1.82. The smallest absolute Gasteiger partial charge is 0.190 e. The zero-order chi connectivity index (χ0) is 14.3. The summed E-state index contributed by atoms with van der Waals surface area (Å²) in [6.45, 7) is 6.18. The van der Waals surface area contributed by atoms with Crippen LogP contribution in [0.5, 0.6) is 0 Å². The van der Waals surface area contributed by atoms with Crippen LogP contribution < -0.4 is 10.6 Å². The van der Waals surface area contributed by atoms with Crippen LogP contribution in [0.4, 0.5) is 0 Å². The molecular formula is C15H26N4. The first-order chi connectivity index (χ1) is 9.08. The zero-order valence-electron chi connectivity index (χ0n) is 12.7. The van der Waals surface area contributed by atoms with E-state index >= 15 is 0 Å². The van der Waals surface area contributed by atoms with E-state index in [9.17, 15) is 0 Å². The molecule has 0 aliphatic heterocycles. The second-order valence-corrected chi connectivity index (χ2v) is 4.95. The third-order valence-corrected chi connectivity index (χ3v) is 3.33. The highest BCUT2D eigenvalue weighted by Crippen LogP contribution is 2.12. The van der Waals surface area contributed by atoms with Crippen LogP contribution in [0.25, 0.3) is 0 Å². The summed E-state index contributed by atoms with van der Waals surface area (Å²) in [5.74, 6) is 0.812. The van der Waals surface area contributed by atoms with E-state index in [1.54, 1.807) is 7.05 Å². The molecule has 1 aromatic carbocycles. The second kappa shape index (κ2) is 7.79. The van der Waals surface area contributed by atoms with Crippen molar-refractivity contribution in [2.75, 3.05) is 21.1 Å². The minimum Gasteiger partial charge on any atom is -0.359 e. The molecule has 0 amide bonds. The van der Waals surface area contributed by atoms with E-state index in [1.807, 2.05) is 7.05 Å². The Morgan fingerprint density at radius 1 is 1.26 bits per heavy atom. The molecule has 0 saturated carbocycles. The van der Waals surface area contributed by atoms with Crippen LogP contribution in [0.1, 0.15) is 25.0 Å². The maximum Gasteiger partial charge on any atom is 0.190 e. The number of aliphatic imine (C=N–C) groups is 1. The topological polar surface area (TPSA) is 39.7 Å². The molecule has 0 aromatic heterocycles. The van der Waals surface area contributed by atoms with Gasteiger partial charge in [0.2, 0.25) is 0 Å². The van der Waals surface area contributed by atoms with E-state index in [-0.39, 0.29) is 0 Å². The zero-order valence-corrected chi connectivity index (χ0v) is 12.7. The Balaban J connectivity index is 2.73. The molecule has 0 saturated heterocycles. The van der Waals surface area contributed by atoms with E-state index < -0.39 is 0 Å². The highest BCUT2D eigenvalue weighted by atomic mass is 15.1. The Hall–Kier alpha value is -1.55. The first kappa shape index (κ1) is 15.5. The number of hydrogen-bond acceptors (Lipinski definition) is 2. The minimum atomic E-state index is 0.547. The van der Waals surface area contributed by atoms with Crippen molar-refractivity contribution < 1.29 is 0 Å². The predicted molar refractivity (Wildman–Crippen MR) is 82.3 cm³/mol. The normalized spacial score (nSPS) is 12.1. The molecule has 0 unspecified atom stereocenters. The van der Waals surface area contributed by atoms with E-state index in [1.165, 1.54) is 11.1 Å². The average molecular weight is 262 g/mol. The monoisotopic (exact) mass is 262 g/mol. The quantitative estimate of drug-likeness (QED) is 0.628. The second-order valence-electron chi connectivity index (χ2n) is 4.95. The maximum absolute atomic E-state index is 4.12. The van der Waals surface area contributed by atoms with E-state index in [0.29, 0.717) is 6.04 Å². The van der Waals surface area contributed by atoms with Gasteiger partial charge in [0.05, 0.1) is 0 Å². The average Bonchev–Trinajstić information content (AvgIpc) is 2.41. The van der Waals surface area contributed by atoms with Gasteiger partial charge in [0, 0.05) is 33.2 Å². The van der Waals surface area contributed by atoms with Gasteiger partial charge >= 0.3 is 0 Å². The van der Waals surface area contributed by atoms with Gasteiger partial charge in [-0.25, -0.2) is 0 Å². The number of guanidine groups is 1. The summed E-state index contributed by atoms with van der Waals surface area (Å²) in [4.78, 5) is 6.46. The Morgan fingerprint density at radius 3 is 2.42 bits per heavy atom. The van der Waals surface area contributed by atoms with Crippen molar-refractivity contribution in [1.29, 1.82) is 0 Å². The van der Waals surface area contributed by atoms with Crippen LogP contribution in [0.3, 0.4) is 0 Å². The molecule has 106 valence electrons. The van der Waals surface area contributed by atoms with Crippen molar-refractivity contribution >= 4 is 5.96 Å². The maximum atomic E-state index is 4.12. The minimum absolute atomic E-state index is 0.547. The van der Waals surface area contributed by atoms with Crippen molar-refractivity contribution in [1.82, 2.24) is 15.5 Å². The van der Waals surface area contributed by atoms with Gasteiger partial charge in [-0.15, -0.1) is 0 Å². The molecule has 19 heavy (non-hydrogen) atoms. The van der Waals surface area contributed by atoms with Crippen molar-refractivity contribution in [3.05, 3.63) is 35.4 Å². The van der Waals surface area contributed by atoms with Crippen molar-refractivity contribution in [3.63, 3.8) is 0 Å². The fourth-order valence-corrected chi connectivity index (χ4v) is 1.79.